The van der Waals surface area contributed by atoms with E-state index in [1.807, 2.05) is 32.0 Å². The molecule has 0 spiro atoms. The molecule has 0 bridgehead atoms. The SMILES string of the molecule is CC(C)Oc1cccc(C(=O)N[C@H]2CCCNC2)c1. The van der Waals surface area contributed by atoms with E-state index in [0.717, 1.165) is 31.7 Å². The summed E-state index contributed by atoms with van der Waals surface area (Å²) in [4.78, 5) is 12.2. The number of nitrogens with one attached hydrogen (secondary N) is 2. The average molecular weight is 262 g/mol. The van der Waals surface area contributed by atoms with E-state index in [9.17, 15) is 4.79 Å². The lowest BCUT2D eigenvalue weighted by atomic mass is 10.1. The van der Waals surface area contributed by atoms with Gasteiger partial charge in [0.25, 0.3) is 5.91 Å². The molecule has 2 rings (SSSR count). The van der Waals surface area contributed by atoms with Crippen LogP contribution in [0.1, 0.15) is 37.0 Å². The fourth-order valence-electron chi connectivity index (χ4n) is 2.23. The standard InChI is InChI=1S/C15H22N2O2/c1-11(2)19-14-7-3-5-12(9-14)15(18)17-13-6-4-8-16-10-13/h3,5,7,9,11,13,16H,4,6,8,10H2,1-2H3,(H,17,18)/t13-/m0/s1. The van der Waals surface area contributed by atoms with Crippen molar-refractivity contribution in [2.75, 3.05) is 13.1 Å². The Morgan fingerprint density at radius 1 is 1.47 bits per heavy atom. The van der Waals surface area contributed by atoms with Crippen LogP contribution in [0.5, 0.6) is 5.75 Å². The molecule has 1 saturated heterocycles. The van der Waals surface area contributed by atoms with E-state index >= 15 is 0 Å². The van der Waals surface area contributed by atoms with E-state index in [-0.39, 0.29) is 18.1 Å². The van der Waals surface area contributed by atoms with E-state index in [1.54, 1.807) is 6.07 Å². The summed E-state index contributed by atoms with van der Waals surface area (Å²) in [7, 11) is 0. The Balaban J connectivity index is 1.97. The van der Waals surface area contributed by atoms with Gasteiger partial charge >= 0.3 is 0 Å². The molecular formula is C15H22N2O2. The Labute approximate surface area is 114 Å². The molecule has 1 aromatic rings. The maximum atomic E-state index is 12.2. The van der Waals surface area contributed by atoms with Crippen LogP contribution >= 0.6 is 0 Å². The monoisotopic (exact) mass is 262 g/mol. The normalized spacial score (nSPS) is 19.2. The van der Waals surface area contributed by atoms with Crippen LogP contribution in [-0.2, 0) is 0 Å². The first-order valence-corrected chi connectivity index (χ1v) is 6.93. The van der Waals surface area contributed by atoms with Crippen LogP contribution in [0.4, 0.5) is 0 Å². The van der Waals surface area contributed by atoms with Crippen molar-refractivity contribution in [3.63, 3.8) is 0 Å². The molecule has 0 aromatic heterocycles. The van der Waals surface area contributed by atoms with Gasteiger partial charge in [0.2, 0.25) is 0 Å². The van der Waals surface area contributed by atoms with Crippen molar-refractivity contribution in [2.24, 2.45) is 0 Å². The van der Waals surface area contributed by atoms with E-state index < -0.39 is 0 Å². The van der Waals surface area contributed by atoms with Gasteiger partial charge in [-0.15, -0.1) is 0 Å². The highest BCUT2D eigenvalue weighted by molar-refractivity contribution is 5.94. The number of ether oxygens (including phenoxy) is 1. The van der Waals surface area contributed by atoms with Crippen molar-refractivity contribution in [1.82, 2.24) is 10.6 Å². The highest BCUT2D eigenvalue weighted by Crippen LogP contribution is 2.15. The number of piperidine rings is 1. The maximum Gasteiger partial charge on any atom is 0.251 e. The second kappa shape index (κ2) is 6.57. The third-order valence-corrected chi connectivity index (χ3v) is 3.10. The van der Waals surface area contributed by atoms with Gasteiger partial charge in [0.15, 0.2) is 0 Å². The molecule has 0 aliphatic carbocycles. The average Bonchev–Trinajstić information content (AvgIpc) is 2.39. The number of carbonyl (C=O) groups excluding carboxylic acids is 1. The summed E-state index contributed by atoms with van der Waals surface area (Å²) in [5.74, 6) is 0.715. The fourth-order valence-corrected chi connectivity index (χ4v) is 2.23. The lowest BCUT2D eigenvalue weighted by Gasteiger charge is -2.23. The van der Waals surface area contributed by atoms with Gasteiger partial charge in [0.05, 0.1) is 6.10 Å². The zero-order valence-corrected chi connectivity index (χ0v) is 11.6. The minimum Gasteiger partial charge on any atom is -0.491 e. The molecule has 0 unspecified atom stereocenters. The van der Waals surface area contributed by atoms with Gasteiger partial charge in [-0.25, -0.2) is 0 Å². The van der Waals surface area contributed by atoms with Crippen molar-refractivity contribution in [2.45, 2.75) is 38.8 Å². The molecule has 1 aromatic carbocycles. The summed E-state index contributed by atoms with van der Waals surface area (Å²) < 4.78 is 5.60. The Morgan fingerprint density at radius 2 is 2.32 bits per heavy atom. The Hall–Kier alpha value is -1.55. The lowest BCUT2D eigenvalue weighted by Crippen LogP contribution is -2.45. The minimum absolute atomic E-state index is 0.0251. The molecule has 1 aliphatic heterocycles. The van der Waals surface area contributed by atoms with Crippen molar-refractivity contribution in [1.29, 1.82) is 0 Å². The molecule has 1 fully saturated rings. The molecule has 1 aliphatic rings. The van der Waals surface area contributed by atoms with Gasteiger partial charge in [-0.05, 0) is 51.4 Å². The predicted molar refractivity (Wildman–Crippen MR) is 75.6 cm³/mol. The van der Waals surface area contributed by atoms with Crippen LogP contribution in [0.2, 0.25) is 0 Å². The number of rotatable bonds is 4. The first-order valence-electron chi connectivity index (χ1n) is 6.93. The van der Waals surface area contributed by atoms with Crippen LogP contribution in [0.25, 0.3) is 0 Å². The van der Waals surface area contributed by atoms with Crippen LogP contribution in [0, 0.1) is 0 Å². The smallest absolute Gasteiger partial charge is 0.251 e. The van der Waals surface area contributed by atoms with Crippen molar-refractivity contribution < 1.29 is 9.53 Å². The van der Waals surface area contributed by atoms with E-state index in [4.69, 9.17) is 4.74 Å². The Kier molecular flexibility index (Phi) is 4.80. The summed E-state index contributed by atoms with van der Waals surface area (Å²) in [5.41, 5.74) is 0.656. The van der Waals surface area contributed by atoms with Crippen molar-refractivity contribution in [3.05, 3.63) is 29.8 Å². The first-order chi connectivity index (χ1) is 9.15. The summed E-state index contributed by atoms with van der Waals surface area (Å²) >= 11 is 0. The van der Waals surface area contributed by atoms with Crippen molar-refractivity contribution in [3.8, 4) is 5.75 Å². The molecule has 1 amide bonds. The molecule has 0 radical (unpaired) electrons. The molecule has 104 valence electrons. The topological polar surface area (TPSA) is 50.4 Å². The fraction of sp³-hybridized carbons (Fsp3) is 0.533. The molecule has 4 heteroatoms. The first kappa shape index (κ1) is 13.9. The summed E-state index contributed by atoms with van der Waals surface area (Å²) in [5, 5.41) is 6.35. The molecule has 2 N–H and O–H groups in total. The Morgan fingerprint density at radius 3 is 3.00 bits per heavy atom. The minimum atomic E-state index is -0.0251. The second-order valence-electron chi connectivity index (χ2n) is 5.21. The number of carbonyl (C=O) groups is 1. The zero-order chi connectivity index (χ0) is 13.7. The largest absolute Gasteiger partial charge is 0.491 e. The van der Waals surface area contributed by atoms with Gasteiger partial charge in [-0.3, -0.25) is 4.79 Å². The van der Waals surface area contributed by atoms with Crippen LogP contribution in [0.15, 0.2) is 24.3 Å². The van der Waals surface area contributed by atoms with E-state index in [0.29, 0.717) is 5.56 Å². The quantitative estimate of drug-likeness (QED) is 0.872. The van der Waals surface area contributed by atoms with Crippen LogP contribution in [-0.4, -0.2) is 31.1 Å². The third-order valence-electron chi connectivity index (χ3n) is 3.10. The number of amides is 1. The molecule has 0 saturated carbocycles. The predicted octanol–water partition coefficient (Wildman–Crippen LogP) is 1.96. The van der Waals surface area contributed by atoms with Gasteiger partial charge in [-0.2, -0.15) is 0 Å². The summed E-state index contributed by atoms with van der Waals surface area (Å²) in [6, 6.07) is 7.57. The molecule has 1 heterocycles. The maximum absolute atomic E-state index is 12.2. The number of hydrogen-bond donors (Lipinski definition) is 2. The van der Waals surface area contributed by atoms with Gasteiger partial charge < -0.3 is 15.4 Å². The summed E-state index contributed by atoms with van der Waals surface area (Å²) in [6.45, 7) is 5.85. The second-order valence-corrected chi connectivity index (χ2v) is 5.21. The summed E-state index contributed by atoms with van der Waals surface area (Å²) in [6.07, 6.45) is 2.27. The van der Waals surface area contributed by atoms with Gasteiger partial charge in [-0.1, -0.05) is 6.07 Å². The highest BCUT2D eigenvalue weighted by atomic mass is 16.5. The van der Waals surface area contributed by atoms with E-state index in [2.05, 4.69) is 10.6 Å². The molecular weight excluding hydrogens is 240 g/mol. The van der Waals surface area contributed by atoms with Gasteiger partial charge in [0.1, 0.15) is 5.75 Å². The Bertz CT molecular complexity index is 426. The van der Waals surface area contributed by atoms with Crippen LogP contribution < -0.4 is 15.4 Å². The molecule has 19 heavy (non-hydrogen) atoms. The van der Waals surface area contributed by atoms with Crippen molar-refractivity contribution >= 4 is 5.91 Å². The molecule has 4 nitrogen and oxygen atoms in total. The lowest BCUT2D eigenvalue weighted by molar-refractivity contribution is 0.0930. The van der Waals surface area contributed by atoms with Crippen LogP contribution in [0.3, 0.4) is 0 Å². The zero-order valence-electron chi connectivity index (χ0n) is 11.6. The third kappa shape index (κ3) is 4.24. The number of benzene rings is 1. The highest BCUT2D eigenvalue weighted by Gasteiger charge is 2.16. The van der Waals surface area contributed by atoms with E-state index in [1.165, 1.54) is 0 Å². The number of hydrogen-bond acceptors (Lipinski definition) is 3. The molecule has 1 atom stereocenters. The van der Waals surface area contributed by atoms with Gasteiger partial charge in [0, 0.05) is 18.2 Å².